The Bertz CT molecular complexity index is 845. The zero-order valence-corrected chi connectivity index (χ0v) is 12.8. The van der Waals surface area contributed by atoms with E-state index in [0.717, 1.165) is 4.90 Å². The molecule has 1 atom stereocenters. The summed E-state index contributed by atoms with van der Waals surface area (Å²) in [7, 11) is 1.58. The van der Waals surface area contributed by atoms with E-state index in [1.165, 1.54) is 10.6 Å². The van der Waals surface area contributed by atoms with Crippen molar-refractivity contribution >= 4 is 16.8 Å². The summed E-state index contributed by atoms with van der Waals surface area (Å²) in [5.41, 5.74) is 0.267. The average Bonchev–Trinajstić information content (AvgIpc) is 2.57. The molecule has 1 aliphatic rings. The van der Waals surface area contributed by atoms with Gasteiger partial charge in [-0.15, -0.1) is 0 Å². The molecule has 1 amide bonds. The molecule has 8 heteroatoms. The number of carbonyl (C=O) groups is 1. The highest BCUT2D eigenvalue weighted by Crippen LogP contribution is 2.27. The minimum atomic E-state index is -4.53. The number of ether oxygens (including phenoxy) is 1. The number of rotatable bonds is 1. The lowest BCUT2D eigenvalue weighted by molar-refractivity contribution is -0.233. The van der Waals surface area contributed by atoms with Crippen LogP contribution in [0.2, 0.25) is 0 Å². The maximum atomic E-state index is 12.8. The van der Waals surface area contributed by atoms with E-state index in [0.29, 0.717) is 10.9 Å². The fraction of sp³-hybridized carbons (Fsp3) is 0.375. The summed E-state index contributed by atoms with van der Waals surface area (Å²) in [5.74, 6) is -0.596. The summed E-state index contributed by atoms with van der Waals surface area (Å²) in [5, 5.41) is 0.527. The van der Waals surface area contributed by atoms with Crippen molar-refractivity contribution in [3.8, 4) is 0 Å². The van der Waals surface area contributed by atoms with Crippen LogP contribution in [-0.2, 0) is 11.8 Å². The molecule has 1 saturated heterocycles. The first kappa shape index (κ1) is 16.5. The first-order chi connectivity index (χ1) is 11.3. The number of morpholine rings is 1. The molecule has 2 aromatic rings. The van der Waals surface area contributed by atoms with E-state index in [1.807, 2.05) is 0 Å². The van der Waals surface area contributed by atoms with Crippen LogP contribution in [0.15, 0.2) is 35.1 Å². The molecule has 1 aromatic heterocycles. The molecular weight excluding hydrogens is 325 g/mol. The van der Waals surface area contributed by atoms with Crippen molar-refractivity contribution in [3.05, 3.63) is 46.2 Å². The number of hydrogen-bond donors (Lipinski definition) is 0. The summed E-state index contributed by atoms with van der Waals surface area (Å²) in [4.78, 5) is 25.8. The van der Waals surface area contributed by atoms with Gasteiger partial charge in [-0.25, -0.2) is 0 Å². The summed E-state index contributed by atoms with van der Waals surface area (Å²) in [6, 6.07) is 7.96. The molecule has 1 aliphatic heterocycles. The highest BCUT2D eigenvalue weighted by molar-refractivity contribution is 6.06. The van der Waals surface area contributed by atoms with Crippen LogP contribution in [-0.4, -0.2) is 47.4 Å². The highest BCUT2D eigenvalue weighted by Gasteiger charge is 2.44. The number of halogens is 3. The van der Waals surface area contributed by atoms with E-state index in [1.54, 1.807) is 31.3 Å². The zero-order valence-electron chi connectivity index (χ0n) is 12.8. The number of aromatic nitrogens is 1. The molecule has 1 aromatic carbocycles. The van der Waals surface area contributed by atoms with Gasteiger partial charge >= 0.3 is 6.18 Å². The van der Waals surface area contributed by atoms with Gasteiger partial charge in [0.15, 0.2) is 6.10 Å². The molecule has 0 spiro atoms. The van der Waals surface area contributed by atoms with Crippen LogP contribution in [0, 0.1) is 0 Å². The van der Waals surface area contributed by atoms with E-state index in [4.69, 9.17) is 4.74 Å². The van der Waals surface area contributed by atoms with Crippen LogP contribution in [0.4, 0.5) is 13.2 Å². The normalized spacial score (nSPS) is 18.8. The Hall–Kier alpha value is -2.35. The zero-order chi connectivity index (χ0) is 17.5. The van der Waals surface area contributed by atoms with Crippen molar-refractivity contribution in [1.29, 1.82) is 0 Å². The van der Waals surface area contributed by atoms with Gasteiger partial charge in [-0.3, -0.25) is 9.59 Å². The van der Waals surface area contributed by atoms with E-state index in [-0.39, 0.29) is 18.7 Å². The second-order valence-corrected chi connectivity index (χ2v) is 5.62. The molecule has 1 fully saturated rings. The van der Waals surface area contributed by atoms with Crippen molar-refractivity contribution in [2.75, 3.05) is 19.7 Å². The lowest BCUT2D eigenvalue weighted by Crippen LogP contribution is -2.51. The molecule has 0 aliphatic carbocycles. The number of amides is 1. The molecule has 3 rings (SSSR count). The topological polar surface area (TPSA) is 51.5 Å². The number of carbonyl (C=O) groups excluding carboxylic acids is 1. The van der Waals surface area contributed by atoms with Gasteiger partial charge in [-0.05, 0) is 6.07 Å². The number of alkyl halides is 3. The Kier molecular flexibility index (Phi) is 4.08. The molecule has 24 heavy (non-hydrogen) atoms. The van der Waals surface area contributed by atoms with Crippen LogP contribution >= 0.6 is 0 Å². The van der Waals surface area contributed by atoms with Gasteiger partial charge in [0.05, 0.1) is 24.2 Å². The third-order valence-electron chi connectivity index (χ3n) is 4.10. The molecule has 0 bridgehead atoms. The molecular formula is C16H15F3N2O3. The van der Waals surface area contributed by atoms with Gasteiger partial charge in [-0.2, -0.15) is 13.2 Å². The second kappa shape index (κ2) is 5.94. The number of hydrogen-bond acceptors (Lipinski definition) is 3. The Morgan fingerprint density at radius 2 is 2.00 bits per heavy atom. The first-order valence-electron chi connectivity index (χ1n) is 7.35. The Morgan fingerprint density at radius 1 is 1.29 bits per heavy atom. The van der Waals surface area contributed by atoms with E-state index < -0.39 is 30.3 Å². The number of pyridine rings is 1. The van der Waals surface area contributed by atoms with Crippen molar-refractivity contribution in [1.82, 2.24) is 9.47 Å². The van der Waals surface area contributed by atoms with Crippen molar-refractivity contribution in [2.24, 2.45) is 7.05 Å². The predicted molar refractivity (Wildman–Crippen MR) is 80.9 cm³/mol. The number of fused-ring (bicyclic) bond motifs is 1. The van der Waals surface area contributed by atoms with Crippen molar-refractivity contribution < 1.29 is 22.7 Å². The first-order valence-corrected chi connectivity index (χ1v) is 7.35. The molecule has 0 saturated carbocycles. The van der Waals surface area contributed by atoms with Crippen molar-refractivity contribution in [3.63, 3.8) is 0 Å². The standard InChI is InChI=1S/C16H15F3N2O3/c1-20-12-5-3-2-4-10(12)11(8-14(20)22)15(23)21-6-7-24-13(9-21)16(17,18)19/h2-5,8,13H,6-7,9H2,1H3/t13-/m1/s1. The smallest absolute Gasteiger partial charge is 0.365 e. The van der Waals surface area contributed by atoms with E-state index in [2.05, 4.69) is 0 Å². The fourth-order valence-corrected chi connectivity index (χ4v) is 2.79. The molecule has 0 unspecified atom stereocenters. The molecule has 0 radical (unpaired) electrons. The van der Waals surface area contributed by atoms with Crippen molar-refractivity contribution in [2.45, 2.75) is 12.3 Å². The summed E-state index contributed by atoms with van der Waals surface area (Å²) in [6.07, 6.45) is -6.54. The maximum absolute atomic E-state index is 12.8. The van der Waals surface area contributed by atoms with Gasteiger partial charge in [0.25, 0.3) is 11.5 Å². The Morgan fingerprint density at radius 3 is 2.71 bits per heavy atom. The van der Waals surface area contributed by atoms with Crippen LogP contribution in [0.5, 0.6) is 0 Å². The highest BCUT2D eigenvalue weighted by atomic mass is 19.4. The average molecular weight is 340 g/mol. The third-order valence-corrected chi connectivity index (χ3v) is 4.10. The lowest BCUT2D eigenvalue weighted by Gasteiger charge is -2.34. The quantitative estimate of drug-likeness (QED) is 0.797. The molecule has 5 nitrogen and oxygen atoms in total. The SMILES string of the molecule is Cn1c(=O)cc(C(=O)N2CCO[C@@H](C(F)(F)F)C2)c2ccccc21. The van der Waals surface area contributed by atoms with Gasteiger partial charge in [0.2, 0.25) is 0 Å². The summed E-state index contributed by atoms with van der Waals surface area (Å²) in [6.45, 7) is -0.723. The summed E-state index contributed by atoms with van der Waals surface area (Å²) < 4.78 is 44.6. The molecule has 2 heterocycles. The van der Waals surface area contributed by atoms with E-state index >= 15 is 0 Å². The van der Waals surface area contributed by atoms with Gasteiger partial charge < -0.3 is 14.2 Å². The Labute approximate surface area is 135 Å². The van der Waals surface area contributed by atoms with E-state index in [9.17, 15) is 22.8 Å². The van der Waals surface area contributed by atoms with Gasteiger partial charge in [-0.1, -0.05) is 18.2 Å². The number of benzene rings is 1. The fourth-order valence-electron chi connectivity index (χ4n) is 2.79. The van der Waals surface area contributed by atoms with Gasteiger partial charge in [0.1, 0.15) is 0 Å². The van der Waals surface area contributed by atoms with Gasteiger partial charge in [0, 0.05) is 25.0 Å². The minimum Gasteiger partial charge on any atom is -0.365 e. The monoisotopic (exact) mass is 340 g/mol. The summed E-state index contributed by atoms with van der Waals surface area (Å²) >= 11 is 0. The van der Waals surface area contributed by atoms with Crippen LogP contribution < -0.4 is 5.56 Å². The third kappa shape index (κ3) is 2.89. The van der Waals surface area contributed by atoms with Crippen LogP contribution in [0.25, 0.3) is 10.9 Å². The number of nitrogens with zero attached hydrogens (tertiary/aromatic N) is 2. The Balaban J connectivity index is 2.00. The van der Waals surface area contributed by atoms with Crippen LogP contribution in [0.3, 0.4) is 0 Å². The largest absolute Gasteiger partial charge is 0.416 e. The molecule has 0 N–H and O–H groups in total. The van der Waals surface area contributed by atoms with Crippen LogP contribution in [0.1, 0.15) is 10.4 Å². The molecule has 128 valence electrons. The number of para-hydroxylation sites is 1. The lowest BCUT2D eigenvalue weighted by atomic mass is 10.1. The second-order valence-electron chi connectivity index (χ2n) is 5.62. The minimum absolute atomic E-state index is 0.0505. The number of aryl methyl sites for hydroxylation is 1. The maximum Gasteiger partial charge on any atom is 0.416 e. The predicted octanol–water partition coefficient (Wildman–Crippen LogP) is 1.94.